The zero-order valence-electron chi connectivity index (χ0n) is 14.8. The van der Waals surface area contributed by atoms with E-state index in [9.17, 15) is 0 Å². The first-order chi connectivity index (χ1) is 13.2. The number of rotatable bonds is 8. The Balaban J connectivity index is 1.91. The number of ether oxygens (including phenoxy) is 3. The molecule has 0 atom stereocenters. The number of nitrogens with zero attached hydrogens (tertiary/aromatic N) is 1. The van der Waals surface area contributed by atoms with Crippen molar-refractivity contribution in [2.24, 2.45) is 0 Å². The molecule has 1 aromatic heterocycles. The number of aliphatic hydroxyl groups is 1. The van der Waals surface area contributed by atoms with Gasteiger partial charge in [0.15, 0.2) is 11.5 Å². The summed E-state index contributed by atoms with van der Waals surface area (Å²) >= 11 is 12.4. The van der Waals surface area contributed by atoms with Crippen LogP contribution in [0.15, 0.2) is 30.6 Å². The second-order valence-electron chi connectivity index (χ2n) is 5.78. The second kappa shape index (κ2) is 9.17. The van der Waals surface area contributed by atoms with Gasteiger partial charge in [-0.25, -0.2) is 0 Å². The van der Waals surface area contributed by atoms with E-state index in [0.717, 1.165) is 17.7 Å². The highest BCUT2D eigenvalue weighted by atomic mass is 35.5. The topological polar surface area (TPSA) is 72.8 Å². The van der Waals surface area contributed by atoms with E-state index in [4.69, 9.17) is 42.5 Å². The number of aliphatic hydroxyl groups excluding tert-OH is 1. The Labute approximate surface area is 167 Å². The minimum atomic E-state index is 0.133. The molecule has 0 unspecified atom stereocenters. The Kier molecular flexibility index (Phi) is 6.66. The van der Waals surface area contributed by atoms with E-state index in [1.165, 1.54) is 12.4 Å². The zero-order chi connectivity index (χ0) is 19.2. The quantitative estimate of drug-likeness (QED) is 0.628. The van der Waals surface area contributed by atoms with E-state index >= 15 is 0 Å². The minimum Gasteiger partial charge on any atom is -0.493 e. The van der Waals surface area contributed by atoms with Gasteiger partial charge in [-0.2, -0.15) is 0 Å². The third-order valence-corrected chi connectivity index (χ3v) is 4.59. The fraction of sp³-hybridized carbons (Fsp3) is 0.316. The smallest absolute Gasteiger partial charge is 0.204 e. The van der Waals surface area contributed by atoms with Crippen molar-refractivity contribution < 1.29 is 19.3 Å². The van der Waals surface area contributed by atoms with E-state index in [2.05, 4.69) is 10.3 Å². The Hall–Kier alpha value is -2.15. The molecule has 2 heterocycles. The van der Waals surface area contributed by atoms with Crippen LogP contribution in [0.2, 0.25) is 10.0 Å². The maximum Gasteiger partial charge on any atom is 0.204 e. The number of nitrogens with one attached hydrogen (secondary N) is 1. The number of aromatic nitrogens is 1. The monoisotopic (exact) mass is 410 g/mol. The number of fused-ring (bicyclic) bond motifs is 1. The lowest BCUT2D eigenvalue weighted by molar-refractivity contribution is 0.237. The Bertz CT molecular complexity index is 822. The number of hydrogen-bond donors (Lipinski definition) is 2. The molecule has 0 bridgehead atoms. The van der Waals surface area contributed by atoms with Crippen molar-refractivity contribution in [1.82, 2.24) is 4.98 Å². The predicted molar refractivity (Wildman–Crippen MR) is 106 cm³/mol. The average Bonchev–Trinajstić information content (AvgIpc) is 2.68. The molecule has 3 rings (SSSR count). The van der Waals surface area contributed by atoms with E-state index < -0.39 is 0 Å². The van der Waals surface area contributed by atoms with Gasteiger partial charge >= 0.3 is 0 Å². The fourth-order valence-corrected chi connectivity index (χ4v) is 3.15. The third-order valence-electron chi connectivity index (χ3n) is 4.01. The number of unbranched alkanes of at least 4 members (excludes halogenated alkanes) is 1. The minimum absolute atomic E-state index is 0.133. The molecule has 1 aromatic carbocycles. The largest absolute Gasteiger partial charge is 0.493 e. The van der Waals surface area contributed by atoms with E-state index in [1.54, 1.807) is 7.11 Å². The first kappa shape index (κ1) is 19.6. The van der Waals surface area contributed by atoms with Gasteiger partial charge < -0.3 is 24.6 Å². The summed E-state index contributed by atoms with van der Waals surface area (Å²) in [5.41, 5.74) is 2.19. The molecule has 0 fully saturated rings. The van der Waals surface area contributed by atoms with Gasteiger partial charge in [0.05, 0.1) is 29.4 Å². The SMILES string of the molecule is COc1ccc2c(c1OCCCCO)OCC=C2Nc1c(Cl)cncc1Cl. The molecule has 0 aliphatic carbocycles. The molecule has 6 nitrogen and oxygen atoms in total. The number of hydrogen-bond acceptors (Lipinski definition) is 6. The Morgan fingerprint density at radius 3 is 2.70 bits per heavy atom. The summed E-state index contributed by atoms with van der Waals surface area (Å²) in [7, 11) is 1.58. The van der Waals surface area contributed by atoms with Crippen molar-refractivity contribution in [2.75, 3.05) is 32.2 Å². The Morgan fingerprint density at radius 2 is 2.00 bits per heavy atom. The number of methoxy groups -OCH3 is 1. The van der Waals surface area contributed by atoms with Crippen molar-refractivity contribution >= 4 is 34.6 Å². The Morgan fingerprint density at radius 1 is 1.22 bits per heavy atom. The summed E-state index contributed by atoms with van der Waals surface area (Å²) in [6, 6.07) is 3.70. The number of halogens is 2. The number of pyridine rings is 1. The zero-order valence-corrected chi connectivity index (χ0v) is 16.3. The highest BCUT2D eigenvalue weighted by molar-refractivity contribution is 6.39. The molecular formula is C19H20Cl2N2O4. The number of benzene rings is 1. The van der Waals surface area contributed by atoms with Gasteiger partial charge in [-0.3, -0.25) is 4.98 Å². The summed E-state index contributed by atoms with van der Waals surface area (Å²) in [5.74, 6) is 1.70. The lowest BCUT2D eigenvalue weighted by Crippen LogP contribution is -2.13. The van der Waals surface area contributed by atoms with Crippen LogP contribution in [0.5, 0.6) is 17.2 Å². The van der Waals surface area contributed by atoms with E-state index in [-0.39, 0.29) is 6.61 Å². The van der Waals surface area contributed by atoms with Gasteiger partial charge in [0.25, 0.3) is 0 Å². The van der Waals surface area contributed by atoms with E-state index in [1.807, 2.05) is 18.2 Å². The maximum absolute atomic E-state index is 8.93. The van der Waals surface area contributed by atoms with Gasteiger partial charge in [0, 0.05) is 30.3 Å². The fourth-order valence-electron chi connectivity index (χ4n) is 2.69. The third kappa shape index (κ3) is 4.40. The van der Waals surface area contributed by atoms with Crippen molar-refractivity contribution in [3.05, 3.63) is 46.2 Å². The van der Waals surface area contributed by atoms with Gasteiger partial charge in [0.1, 0.15) is 6.61 Å². The molecule has 0 saturated carbocycles. The summed E-state index contributed by atoms with van der Waals surface area (Å²) in [6.07, 6.45) is 6.36. The van der Waals surface area contributed by atoms with Gasteiger partial charge in [-0.1, -0.05) is 23.2 Å². The molecule has 0 amide bonds. The van der Waals surface area contributed by atoms with Crippen LogP contribution in [0.1, 0.15) is 18.4 Å². The van der Waals surface area contributed by atoms with Crippen LogP contribution in [-0.2, 0) is 0 Å². The van der Waals surface area contributed by atoms with Crippen molar-refractivity contribution in [3.8, 4) is 17.2 Å². The first-order valence-corrected chi connectivity index (χ1v) is 9.25. The molecule has 1 aliphatic heterocycles. The maximum atomic E-state index is 8.93. The van der Waals surface area contributed by atoms with Crippen molar-refractivity contribution in [3.63, 3.8) is 0 Å². The lowest BCUT2D eigenvalue weighted by Gasteiger charge is -2.24. The van der Waals surface area contributed by atoms with Gasteiger partial charge in [-0.15, -0.1) is 0 Å². The molecule has 8 heteroatoms. The van der Waals surface area contributed by atoms with Crippen molar-refractivity contribution in [1.29, 1.82) is 0 Å². The standard InChI is InChI=1S/C19H20Cl2N2O4/c1-25-16-5-4-12-15(23-17-13(20)10-22-11-14(17)21)6-9-27-18(12)19(16)26-8-3-2-7-24/h4-6,10-11,24H,2-3,7-9H2,1H3,(H,22,23). The molecular weight excluding hydrogens is 391 g/mol. The second-order valence-corrected chi connectivity index (χ2v) is 6.60. The molecule has 0 radical (unpaired) electrons. The molecule has 144 valence electrons. The van der Waals surface area contributed by atoms with Crippen LogP contribution in [0, 0.1) is 0 Å². The van der Waals surface area contributed by atoms with Gasteiger partial charge in [-0.05, 0) is 31.1 Å². The molecule has 27 heavy (non-hydrogen) atoms. The van der Waals surface area contributed by atoms with Crippen LogP contribution >= 0.6 is 23.2 Å². The highest BCUT2D eigenvalue weighted by Gasteiger charge is 2.23. The number of anilines is 1. The molecule has 0 spiro atoms. The first-order valence-electron chi connectivity index (χ1n) is 8.49. The lowest BCUT2D eigenvalue weighted by atomic mass is 10.1. The van der Waals surface area contributed by atoms with Crippen LogP contribution in [0.25, 0.3) is 5.70 Å². The van der Waals surface area contributed by atoms with Gasteiger partial charge in [0.2, 0.25) is 5.75 Å². The summed E-state index contributed by atoms with van der Waals surface area (Å²) in [5, 5.41) is 13.0. The van der Waals surface area contributed by atoms with E-state index in [0.29, 0.717) is 52.6 Å². The average molecular weight is 411 g/mol. The summed E-state index contributed by atoms with van der Waals surface area (Å²) in [4.78, 5) is 3.97. The normalized spacial score (nSPS) is 12.7. The van der Waals surface area contributed by atoms with Crippen LogP contribution < -0.4 is 19.5 Å². The van der Waals surface area contributed by atoms with Crippen LogP contribution in [0.4, 0.5) is 5.69 Å². The van der Waals surface area contributed by atoms with Crippen molar-refractivity contribution in [2.45, 2.75) is 12.8 Å². The molecule has 1 aliphatic rings. The highest BCUT2D eigenvalue weighted by Crippen LogP contribution is 2.45. The summed E-state index contributed by atoms with van der Waals surface area (Å²) in [6.45, 7) is 0.940. The van der Waals surface area contributed by atoms with Crippen LogP contribution in [-0.4, -0.2) is 37.0 Å². The van der Waals surface area contributed by atoms with Crippen LogP contribution in [0.3, 0.4) is 0 Å². The predicted octanol–water partition coefficient (Wildman–Crippen LogP) is 4.39. The summed E-state index contributed by atoms with van der Waals surface area (Å²) < 4.78 is 17.1. The molecule has 2 N–H and O–H groups in total. The molecule has 0 saturated heterocycles. The molecule has 2 aromatic rings.